The van der Waals surface area contributed by atoms with E-state index in [0.717, 1.165) is 36.9 Å². The fraction of sp³-hybridized carbons (Fsp3) is 0.750. The van der Waals surface area contributed by atoms with Gasteiger partial charge in [-0.15, -0.1) is 10.2 Å². The van der Waals surface area contributed by atoms with Crippen molar-refractivity contribution in [3.8, 4) is 0 Å². The van der Waals surface area contributed by atoms with Crippen molar-refractivity contribution in [3.63, 3.8) is 0 Å². The van der Waals surface area contributed by atoms with Crippen LogP contribution in [0.25, 0.3) is 0 Å². The maximum Gasteiger partial charge on any atom is 0.243 e. The molecule has 2 aliphatic rings. The molecule has 1 aliphatic carbocycles. The van der Waals surface area contributed by atoms with E-state index in [1.54, 1.807) is 0 Å². The van der Waals surface area contributed by atoms with Crippen LogP contribution in [-0.4, -0.2) is 30.9 Å². The minimum atomic E-state index is 0.0699. The van der Waals surface area contributed by atoms with Crippen molar-refractivity contribution in [1.82, 2.24) is 30.2 Å². The lowest BCUT2D eigenvalue weighted by Gasteiger charge is -2.27. The molecule has 7 heteroatoms. The Morgan fingerprint density at radius 1 is 1.17 bits per heavy atom. The van der Waals surface area contributed by atoms with Crippen molar-refractivity contribution < 1.29 is 4.52 Å². The summed E-state index contributed by atoms with van der Waals surface area (Å²) in [6.45, 7) is 7.32. The predicted molar refractivity (Wildman–Crippen MR) is 84.0 cm³/mol. The molecule has 1 fully saturated rings. The third-order valence-electron chi connectivity index (χ3n) is 4.75. The second kappa shape index (κ2) is 5.70. The molecule has 0 saturated heterocycles. The number of rotatable bonds is 5. The van der Waals surface area contributed by atoms with Crippen LogP contribution in [0.3, 0.4) is 0 Å². The van der Waals surface area contributed by atoms with Crippen molar-refractivity contribution in [3.05, 3.63) is 23.4 Å². The van der Waals surface area contributed by atoms with Crippen LogP contribution in [0.5, 0.6) is 0 Å². The third kappa shape index (κ3) is 2.89. The Morgan fingerprint density at radius 3 is 2.74 bits per heavy atom. The highest BCUT2D eigenvalue weighted by Gasteiger charge is 2.30. The molecule has 0 unspecified atom stereocenters. The Kier molecular flexibility index (Phi) is 3.67. The van der Waals surface area contributed by atoms with Crippen molar-refractivity contribution in [2.75, 3.05) is 0 Å². The van der Waals surface area contributed by atoms with Crippen molar-refractivity contribution in [2.24, 2.45) is 0 Å². The molecule has 1 N–H and O–H groups in total. The SMILES string of the molecule is CC(C)c1nnc2n1C[C@H](N[C@@H](C)c1nc(C3CC3)no1)CC2. The average Bonchev–Trinajstić information content (AvgIpc) is 3.11. The van der Waals surface area contributed by atoms with Gasteiger partial charge in [0.2, 0.25) is 5.89 Å². The zero-order valence-electron chi connectivity index (χ0n) is 14.0. The fourth-order valence-corrected chi connectivity index (χ4v) is 3.27. The summed E-state index contributed by atoms with van der Waals surface area (Å²) in [6.07, 6.45) is 4.40. The lowest BCUT2D eigenvalue weighted by Crippen LogP contribution is -2.39. The summed E-state index contributed by atoms with van der Waals surface area (Å²) < 4.78 is 7.70. The minimum absolute atomic E-state index is 0.0699. The normalized spacial score (nSPS) is 22.3. The van der Waals surface area contributed by atoms with Gasteiger partial charge in [0.15, 0.2) is 5.82 Å². The Hall–Kier alpha value is -1.76. The first-order chi connectivity index (χ1) is 11.1. The van der Waals surface area contributed by atoms with E-state index in [1.807, 2.05) is 0 Å². The number of nitrogens with zero attached hydrogens (tertiary/aromatic N) is 5. The molecule has 0 aromatic carbocycles. The van der Waals surface area contributed by atoms with Crippen LogP contribution in [0.4, 0.5) is 0 Å². The van der Waals surface area contributed by atoms with E-state index < -0.39 is 0 Å². The van der Waals surface area contributed by atoms with Crippen LogP contribution < -0.4 is 5.32 Å². The molecule has 7 nitrogen and oxygen atoms in total. The number of hydrogen-bond donors (Lipinski definition) is 1. The van der Waals surface area contributed by atoms with E-state index >= 15 is 0 Å². The summed E-state index contributed by atoms with van der Waals surface area (Å²) in [5, 5.41) is 16.4. The van der Waals surface area contributed by atoms with Crippen LogP contribution in [-0.2, 0) is 13.0 Å². The predicted octanol–water partition coefficient (Wildman–Crippen LogP) is 2.33. The van der Waals surface area contributed by atoms with Gasteiger partial charge >= 0.3 is 0 Å². The molecule has 4 rings (SSSR count). The van der Waals surface area contributed by atoms with Gasteiger partial charge in [-0.1, -0.05) is 19.0 Å². The van der Waals surface area contributed by atoms with E-state index in [1.165, 1.54) is 12.8 Å². The number of hydrogen-bond acceptors (Lipinski definition) is 6. The van der Waals surface area contributed by atoms with Gasteiger partial charge in [-0.05, 0) is 26.2 Å². The molecule has 3 heterocycles. The van der Waals surface area contributed by atoms with E-state index in [9.17, 15) is 0 Å². The zero-order chi connectivity index (χ0) is 16.0. The highest BCUT2D eigenvalue weighted by atomic mass is 16.5. The largest absolute Gasteiger partial charge is 0.338 e. The zero-order valence-corrected chi connectivity index (χ0v) is 14.0. The van der Waals surface area contributed by atoms with Crippen molar-refractivity contribution in [2.45, 2.75) is 76.9 Å². The number of fused-ring (bicyclic) bond motifs is 1. The van der Waals surface area contributed by atoms with Crippen LogP contribution in [0.1, 0.15) is 81.3 Å². The summed E-state index contributed by atoms with van der Waals surface area (Å²) >= 11 is 0. The van der Waals surface area contributed by atoms with Gasteiger partial charge in [-0.3, -0.25) is 0 Å². The van der Waals surface area contributed by atoms with Gasteiger partial charge in [-0.25, -0.2) is 0 Å². The second-order valence-electron chi connectivity index (χ2n) is 7.13. The molecular weight excluding hydrogens is 292 g/mol. The van der Waals surface area contributed by atoms with Gasteiger partial charge in [0.25, 0.3) is 0 Å². The van der Waals surface area contributed by atoms with E-state index in [2.05, 4.69) is 51.0 Å². The average molecular weight is 316 g/mol. The van der Waals surface area contributed by atoms with Crippen LogP contribution >= 0.6 is 0 Å². The lowest BCUT2D eigenvalue weighted by molar-refractivity contribution is 0.291. The van der Waals surface area contributed by atoms with Crippen molar-refractivity contribution >= 4 is 0 Å². The Labute approximate surface area is 135 Å². The van der Waals surface area contributed by atoms with E-state index in [-0.39, 0.29) is 6.04 Å². The number of aromatic nitrogens is 5. The molecule has 23 heavy (non-hydrogen) atoms. The van der Waals surface area contributed by atoms with Crippen LogP contribution in [0.2, 0.25) is 0 Å². The van der Waals surface area contributed by atoms with Gasteiger partial charge in [0.05, 0.1) is 6.04 Å². The molecule has 124 valence electrons. The minimum Gasteiger partial charge on any atom is -0.338 e. The van der Waals surface area contributed by atoms with Gasteiger partial charge in [0, 0.05) is 30.8 Å². The third-order valence-corrected chi connectivity index (χ3v) is 4.75. The van der Waals surface area contributed by atoms with Gasteiger partial charge < -0.3 is 14.4 Å². The maximum atomic E-state index is 5.43. The first-order valence-corrected chi connectivity index (χ1v) is 8.63. The van der Waals surface area contributed by atoms with E-state index in [0.29, 0.717) is 23.8 Å². The summed E-state index contributed by atoms with van der Waals surface area (Å²) in [5.74, 6) is 4.68. The first kappa shape index (κ1) is 14.8. The highest BCUT2D eigenvalue weighted by molar-refractivity contribution is 5.06. The molecule has 0 spiro atoms. The molecule has 2 atom stereocenters. The smallest absolute Gasteiger partial charge is 0.243 e. The molecule has 0 amide bonds. The Balaban J connectivity index is 1.43. The fourth-order valence-electron chi connectivity index (χ4n) is 3.27. The van der Waals surface area contributed by atoms with Gasteiger partial charge in [0.1, 0.15) is 11.6 Å². The highest BCUT2D eigenvalue weighted by Crippen LogP contribution is 2.38. The van der Waals surface area contributed by atoms with E-state index in [4.69, 9.17) is 4.52 Å². The molecular formula is C16H24N6O. The summed E-state index contributed by atoms with van der Waals surface area (Å²) in [6, 6.07) is 0.447. The topological polar surface area (TPSA) is 81.7 Å². The Morgan fingerprint density at radius 2 is 2.00 bits per heavy atom. The first-order valence-electron chi connectivity index (χ1n) is 8.63. The monoisotopic (exact) mass is 316 g/mol. The quantitative estimate of drug-likeness (QED) is 0.911. The van der Waals surface area contributed by atoms with Crippen LogP contribution in [0, 0.1) is 0 Å². The summed E-state index contributed by atoms with van der Waals surface area (Å²) in [7, 11) is 0. The maximum absolute atomic E-state index is 5.43. The van der Waals surface area contributed by atoms with Crippen molar-refractivity contribution in [1.29, 1.82) is 0 Å². The Bertz CT molecular complexity index is 687. The number of nitrogens with one attached hydrogen (secondary N) is 1. The molecule has 1 saturated carbocycles. The molecule has 2 aromatic heterocycles. The molecule has 1 aliphatic heterocycles. The lowest BCUT2D eigenvalue weighted by atomic mass is 10.1. The molecule has 0 radical (unpaired) electrons. The summed E-state index contributed by atoms with van der Waals surface area (Å²) in [4.78, 5) is 4.55. The summed E-state index contributed by atoms with van der Waals surface area (Å²) in [5.41, 5.74) is 0. The molecule has 2 aromatic rings. The van der Waals surface area contributed by atoms with Crippen LogP contribution in [0.15, 0.2) is 4.52 Å². The van der Waals surface area contributed by atoms with Gasteiger partial charge in [-0.2, -0.15) is 4.98 Å². The second-order valence-corrected chi connectivity index (χ2v) is 7.13. The number of aryl methyl sites for hydroxylation is 1. The standard InChI is InChI=1S/C16H24N6O/c1-9(2)15-20-19-13-7-6-12(8-22(13)15)17-10(3)16-18-14(21-23-16)11-4-5-11/h9-12,17H,4-8H2,1-3H3/t10-,12+/m0/s1. The molecule has 0 bridgehead atoms.